The molecule has 3 aromatic rings. The van der Waals surface area contributed by atoms with E-state index in [9.17, 15) is 0 Å². The lowest BCUT2D eigenvalue weighted by molar-refractivity contribution is 0.482. The van der Waals surface area contributed by atoms with Crippen molar-refractivity contribution in [1.29, 1.82) is 0 Å². The Kier molecular flexibility index (Phi) is 5.41. The largest absolute Gasteiger partial charge is 0.457 e. The first-order valence-corrected chi connectivity index (χ1v) is 9.79. The topological polar surface area (TPSA) is 74.9 Å². The van der Waals surface area contributed by atoms with E-state index in [-0.39, 0.29) is 0 Å². The van der Waals surface area contributed by atoms with Gasteiger partial charge in [-0.25, -0.2) is 4.99 Å². The van der Waals surface area contributed by atoms with Crippen molar-refractivity contribution in [3.8, 4) is 11.5 Å². The van der Waals surface area contributed by atoms with Gasteiger partial charge >= 0.3 is 0 Å². The van der Waals surface area contributed by atoms with Gasteiger partial charge in [-0.05, 0) is 68.6 Å². The van der Waals surface area contributed by atoms with Crippen LogP contribution in [0.25, 0.3) is 0 Å². The molecule has 0 aliphatic carbocycles. The number of hydrogen-bond donors (Lipinski definition) is 3. The Labute approximate surface area is 176 Å². The van der Waals surface area contributed by atoms with Crippen LogP contribution in [0.2, 0.25) is 0 Å². The van der Waals surface area contributed by atoms with Crippen molar-refractivity contribution < 1.29 is 4.74 Å². The van der Waals surface area contributed by atoms with Crippen LogP contribution in [0.3, 0.4) is 0 Å². The van der Waals surface area contributed by atoms with Crippen molar-refractivity contribution in [2.75, 3.05) is 11.9 Å². The summed E-state index contributed by atoms with van der Waals surface area (Å²) in [7, 11) is 1.86. The zero-order valence-electron chi connectivity index (χ0n) is 17.0. The van der Waals surface area contributed by atoms with Gasteiger partial charge in [-0.1, -0.05) is 36.4 Å². The number of likely N-dealkylation sites (N-methyl/N-ethyl adjacent to an activating group) is 1. The molecule has 0 radical (unpaired) electrons. The van der Waals surface area contributed by atoms with Gasteiger partial charge in [0.05, 0.1) is 0 Å². The zero-order valence-corrected chi connectivity index (χ0v) is 17.0. The van der Waals surface area contributed by atoms with E-state index >= 15 is 0 Å². The number of benzene rings is 3. The fraction of sp³-hybridized carbons (Fsp3) is 0.125. The first-order chi connectivity index (χ1) is 14.6. The van der Waals surface area contributed by atoms with Gasteiger partial charge in [0.2, 0.25) is 0 Å². The third-order valence-corrected chi connectivity index (χ3v) is 4.86. The molecule has 0 spiro atoms. The highest BCUT2D eigenvalue weighted by Crippen LogP contribution is 2.33. The van der Waals surface area contributed by atoms with Gasteiger partial charge in [-0.15, -0.1) is 0 Å². The fourth-order valence-electron chi connectivity index (χ4n) is 3.28. The number of nitrogens with two attached hydrogens (primary N) is 1. The quantitative estimate of drug-likeness (QED) is 0.576. The summed E-state index contributed by atoms with van der Waals surface area (Å²) in [6.45, 7) is 1.97. The molecular formula is C24H25N5O. The lowest BCUT2D eigenvalue weighted by atomic mass is 10.1. The van der Waals surface area contributed by atoms with Gasteiger partial charge < -0.3 is 15.8 Å². The molecule has 0 saturated carbocycles. The van der Waals surface area contributed by atoms with E-state index in [1.54, 1.807) is 0 Å². The zero-order chi connectivity index (χ0) is 21.0. The fourth-order valence-corrected chi connectivity index (χ4v) is 3.28. The molecule has 30 heavy (non-hydrogen) atoms. The number of anilines is 2. The summed E-state index contributed by atoms with van der Waals surface area (Å²) in [5, 5.41) is 6.41. The number of nitrogens with one attached hydrogen (secondary N) is 2. The number of rotatable bonds is 6. The van der Waals surface area contributed by atoms with Crippen LogP contribution < -0.4 is 26.0 Å². The molecule has 3 aromatic carbocycles. The average Bonchev–Trinajstić information content (AvgIpc) is 2.76. The minimum absolute atomic E-state index is 0.356. The molecule has 0 amide bonds. The molecule has 6 heteroatoms. The summed E-state index contributed by atoms with van der Waals surface area (Å²) >= 11 is 0. The molecule has 1 unspecified atom stereocenters. The van der Waals surface area contributed by atoms with Crippen LogP contribution in [0, 0.1) is 0 Å². The molecule has 152 valence electrons. The molecule has 1 atom stereocenters. The molecule has 1 aliphatic rings. The van der Waals surface area contributed by atoms with Crippen molar-refractivity contribution in [2.24, 2.45) is 10.7 Å². The van der Waals surface area contributed by atoms with Crippen LogP contribution in [0.4, 0.5) is 11.4 Å². The molecule has 1 heterocycles. The van der Waals surface area contributed by atoms with Gasteiger partial charge in [0.1, 0.15) is 23.0 Å². The summed E-state index contributed by atoms with van der Waals surface area (Å²) in [6.07, 6.45) is 2.02. The number of guanidine groups is 1. The maximum Gasteiger partial charge on any atom is 0.196 e. The number of ether oxygens (including phenoxy) is 1. The van der Waals surface area contributed by atoms with Crippen LogP contribution in [-0.4, -0.2) is 18.7 Å². The molecule has 1 aliphatic heterocycles. The monoisotopic (exact) mass is 399 g/mol. The van der Waals surface area contributed by atoms with Crippen LogP contribution in [-0.2, 0) is 0 Å². The van der Waals surface area contributed by atoms with Crippen molar-refractivity contribution in [2.45, 2.75) is 12.6 Å². The normalized spacial score (nSPS) is 18.1. The summed E-state index contributed by atoms with van der Waals surface area (Å²) < 4.78 is 5.93. The number of aliphatic imine (C=N–C) groups is 1. The van der Waals surface area contributed by atoms with Gasteiger partial charge in [0, 0.05) is 11.4 Å². The Morgan fingerprint density at radius 3 is 2.07 bits per heavy atom. The minimum Gasteiger partial charge on any atom is -0.457 e. The van der Waals surface area contributed by atoms with Crippen molar-refractivity contribution in [1.82, 2.24) is 10.6 Å². The molecule has 6 nitrogen and oxygen atoms in total. The highest BCUT2D eigenvalue weighted by molar-refractivity contribution is 5.84. The lowest BCUT2D eigenvalue weighted by Gasteiger charge is -2.34. The minimum atomic E-state index is -0.603. The van der Waals surface area contributed by atoms with Crippen LogP contribution in [0.5, 0.6) is 11.5 Å². The summed E-state index contributed by atoms with van der Waals surface area (Å²) in [4.78, 5) is 6.56. The second-order valence-corrected chi connectivity index (χ2v) is 7.13. The second-order valence-electron chi connectivity index (χ2n) is 7.13. The van der Waals surface area contributed by atoms with Gasteiger partial charge in [-0.2, -0.15) is 0 Å². The molecule has 0 bridgehead atoms. The standard InChI is InChI=1S/C24H25N5O/c1-24(26-2)17-22(27-23(25)28-24)29(18-9-5-3-6-10-18)19-13-15-21(16-14-19)30-20-11-7-4-8-12-20/h3-17,26H,1-2H3,(H3,25,27,28). The number of hydrogen-bond acceptors (Lipinski definition) is 6. The average molecular weight is 399 g/mol. The van der Waals surface area contributed by atoms with Gasteiger partial charge in [0.15, 0.2) is 5.96 Å². The van der Waals surface area contributed by atoms with Crippen molar-refractivity contribution >= 4 is 17.3 Å². The maximum atomic E-state index is 6.09. The smallest absolute Gasteiger partial charge is 0.196 e. The Morgan fingerprint density at radius 1 is 0.867 bits per heavy atom. The van der Waals surface area contributed by atoms with Gasteiger partial charge in [-0.3, -0.25) is 10.2 Å². The van der Waals surface area contributed by atoms with E-state index in [0.717, 1.165) is 28.7 Å². The SMILES string of the molecule is CNC1(C)C=C(N(c2ccccc2)c2ccc(Oc3ccccc3)cc2)NC(N)=N1. The predicted octanol–water partition coefficient (Wildman–Crippen LogP) is 4.31. The van der Waals surface area contributed by atoms with E-state index in [1.165, 1.54) is 0 Å². The van der Waals surface area contributed by atoms with E-state index in [2.05, 4.69) is 32.7 Å². The van der Waals surface area contributed by atoms with E-state index < -0.39 is 5.66 Å². The van der Waals surface area contributed by atoms with Crippen LogP contribution in [0.1, 0.15) is 6.92 Å². The Bertz CT molecular complexity index is 1050. The molecule has 0 saturated heterocycles. The highest BCUT2D eigenvalue weighted by Gasteiger charge is 2.27. The first kappa shape index (κ1) is 19.5. The molecule has 0 fully saturated rings. The third kappa shape index (κ3) is 4.29. The predicted molar refractivity (Wildman–Crippen MR) is 122 cm³/mol. The second kappa shape index (κ2) is 8.31. The van der Waals surface area contributed by atoms with E-state index in [0.29, 0.717) is 5.96 Å². The van der Waals surface area contributed by atoms with Crippen LogP contribution in [0.15, 0.2) is 102 Å². The molecule has 0 aromatic heterocycles. The summed E-state index contributed by atoms with van der Waals surface area (Å²) in [5.74, 6) is 2.75. The van der Waals surface area contributed by atoms with Crippen LogP contribution >= 0.6 is 0 Å². The molecule has 4 N–H and O–H groups in total. The maximum absolute atomic E-state index is 6.09. The molecular weight excluding hydrogens is 374 g/mol. The lowest BCUT2D eigenvalue weighted by Crippen LogP contribution is -2.49. The van der Waals surface area contributed by atoms with Crippen molar-refractivity contribution in [3.63, 3.8) is 0 Å². The number of nitrogens with zero attached hydrogens (tertiary/aromatic N) is 2. The Hall–Kier alpha value is -3.77. The highest BCUT2D eigenvalue weighted by atomic mass is 16.5. The van der Waals surface area contributed by atoms with Crippen molar-refractivity contribution in [3.05, 3.63) is 96.8 Å². The van der Waals surface area contributed by atoms with E-state index in [4.69, 9.17) is 10.5 Å². The number of para-hydroxylation sites is 2. The summed E-state index contributed by atoms with van der Waals surface area (Å²) in [5.41, 5.74) is 7.46. The first-order valence-electron chi connectivity index (χ1n) is 9.79. The Balaban J connectivity index is 1.69. The van der Waals surface area contributed by atoms with Gasteiger partial charge in [0.25, 0.3) is 0 Å². The van der Waals surface area contributed by atoms with E-state index in [1.807, 2.05) is 92.8 Å². The summed E-state index contributed by atoms with van der Waals surface area (Å²) in [6, 6.07) is 27.8. The third-order valence-electron chi connectivity index (χ3n) is 4.86. The Morgan fingerprint density at radius 2 is 1.43 bits per heavy atom. The molecule has 4 rings (SSSR count).